The number of para-hydroxylation sites is 1. The highest BCUT2D eigenvalue weighted by molar-refractivity contribution is 7.99. The topological polar surface area (TPSA) is 69.0 Å². The van der Waals surface area contributed by atoms with Gasteiger partial charge in [0.15, 0.2) is 17.1 Å². The number of aromatic nitrogens is 3. The van der Waals surface area contributed by atoms with Gasteiger partial charge in [-0.3, -0.25) is 4.79 Å². The van der Waals surface area contributed by atoms with Gasteiger partial charge in [-0.15, -0.1) is 10.2 Å². The van der Waals surface area contributed by atoms with Crippen molar-refractivity contribution in [2.24, 2.45) is 0 Å². The Morgan fingerprint density at radius 2 is 1.93 bits per heavy atom. The Hall–Kier alpha value is -1.93. The highest BCUT2D eigenvalue weighted by atomic mass is 35.5. The summed E-state index contributed by atoms with van der Waals surface area (Å²) in [5.74, 6) is 1.08. The maximum Gasteiger partial charge on any atom is 0.234 e. The summed E-state index contributed by atoms with van der Waals surface area (Å²) < 4.78 is 7.84. The predicted molar refractivity (Wildman–Crippen MR) is 122 cm³/mol. The number of carbonyl (C=O) groups is 1. The molecule has 0 bridgehead atoms. The van der Waals surface area contributed by atoms with Crippen LogP contribution in [-0.4, -0.2) is 26.4 Å². The SMILES string of the molecule is CCn1c(SCC(=O)Nc2ccccc2Cl)nnc1C(C)Oc1cc(Cl)ccc1Cl. The summed E-state index contributed by atoms with van der Waals surface area (Å²) in [5, 5.41) is 13.3. The molecule has 1 N–H and O–H groups in total. The summed E-state index contributed by atoms with van der Waals surface area (Å²) in [6.07, 6.45) is -0.417. The Bertz CT molecular complexity index is 1040. The maximum absolute atomic E-state index is 12.3. The molecular weight excluding hydrogens is 467 g/mol. The van der Waals surface area contributed by atoms with E-state index in [-0.39, 0.29) is 11.7 Å². The van der Waals surface area contributed by atoms with Crippen LogP contribution in [0.1, 0.15) is 25.8 Å². The van der Waals surface area contributed by atoms with Gasteiger partial charge >= 0.3 is 0 Å². The van der Waals surface area contributed by atoms with Crippen LogP contribution in [-0.2, 0) is 11.3 Å². The molecule has 1 amide bonds. The van der Waals surface area contributed by atoms with E-state index in [9.17, 15) is 4.79 Å². The standard InChI is InChI=1S/C20H19Cl3N4O2S/c1-3-27-19(12(2)29-17-10-13(21)8-9-15(17)23)25-26-20(27)30-11-18(28)24-16-7-5-4-6-14(16)22/h4-10,12H,3,11H2,1-2H3,(H,24,28). The average Bonchev–Trinajstić information content (AvgIpc) is 3.14. The van der Waals surface area contributed by atoms with Gasteiger partial charge in [0.2, 0.25) is 5.91 Å². The Morgan fingerprint density at radius 1 is 1.17 bits per heavy atom. The second kappa shape index (κ2) is 10.4. The van der Waals surface area contributed by atoms with E-state index in [0.717, 1.165) is 0 Å². The van der Waals surface area contributed by atoms with Crippen molar-refractivity contribution in [1.82, 2.24) is 14.8 Å². The van der Waals surface area contributed by atoms with Crippen LogP contribution >= 0.6 is 46.6 Å². The van der Waals surface area contributed by atoms with Crippen LogP contribution in [0.2, 0.25) is 15.1 Å². The molecule has 10 heteroatoms. The number of thioether (sulfide) groups is 1. The van der Waals surface area contributed by atoms with Crippen LogP contribution in [0.25, 0.3) is 0 Å². The van der Waals surface area contributed by atoms with Gasteiger partial charge in [-0.05, 0) is 38.1 Å². The van der Waals surface area contributed by atoms with Crippen LogP contribution in [0.3, 0.4) is 0 Å². The summed E-state index contributed by atoms with van der Waals surface area (Å²) in [5.41, 5.74) is 0.572. The number of hydrogen-bond donors (Lipinski definition) is 1. The van der Waals surface area contributed by atoms with E-state index < -0.39 is 6.10 Å². The average molecular weight is 486 g/mol. The molecule has 1 atom stereocenters. The summed E-state index contributed by atoms with van der Waals surface area (Å²) >= 11 is 19.6. The molecule has 0 aliphatic rings. The minimum absolute atomic E-state index is 0.165. The lowest BCUT2D eigenvalue weighted by molar-refractivity contribution is -0.113. The lowest BCUT2D eigenvalue weighted by Gasteiger charge is -2.16. The number of nitrogens with zero attached hydrogens (tertiary/aromatic N) is 3. The maximum atomic E-state index is 12.3. The number of nitrogens with one attached hydrogen (secondary N) is 1. The van der Waals surface area contributed by atoms with Gasteiger partial charge in [-0.25, -0.2) is 0 Å². The quantitative estimate of drug-likeness (QED) is 0.389. The Balaban J connectivity index is 1.67. The van der Waals surface area contributed by atoms with Gasteiger partial charge in [0, 0.05) is 17.6 Å². The van der Waals surface area contributed by atoms with E-state index in [1.165, 1.54) is 11.8 Å². The van der Waals surface area contributed by atoms with Crippen molar-refractivity contribution < 1.29 is 9.53 Å². The van der Waals surface area contributed by atoms with Gasteiger partial charge in [0.1, 0.15) is 5.75 Å². The first-order valence-corrected chi connectivity index (χ1v) is 11.2. The summed E-state index contributed by atoms with van der Waals surface area (Å²) in [6.45, 7) is 4.44. The van der Waals surface area contributed by atoms with Crippen LogP contribution < -0.4 is 10.1 Å². The van der Waals surface area contributed by atoms with Gasteiger partial charge in [-0.2, -0.15) is 0 Å². The van der Waals surface area contributed by atoms with Crippen molar-refractivity contribution in [1.29, 1.82) is 0 Å². The molecule has 0 spiro atoms. The second-order valence-corrected chi connectivity index (χ2v) is 8.43. The highest BCUT2D eigenvalue weighted by Crippen LogP contribution is 2.32. The zero-order valence-corrected chi connectivity index (χ0v) is 19.3. The smallest absolute Gasteiger partial charge is 0.234 e. The zero-order valence-electron chi connectivity index (χ0n) is 16.2. The fraction of sp³-hybridized carbons (Fsp3) is 0.250. The first kappa shape index (κ1) is 22.7. The molecule has 30 heavy (non-hydrogen) atoms. The van der Waals surface area contributed by atoms with Crippen molar-refractivity contribution in [2.45, 2.75) is 31.7 Å². The molecule has 1 unspecified atom stereocenters. The van der Waals surface area contributed by atoms with Crippen LogP contribution in [0.4, 0.5) is 5.69 Å². The number of amides is 1. The van der Waals surface area contributed by atoms with Gasteiger partial charge in [0.25, 0.3) is 0 Å². The molecule has 0 saturated heterocycles. The molecule has 0 aliphatic carbocycles. The third-order valence-electron chi connectivity index (χ3n) is 4.10. The van der Waals surface area contributed by atoms with Gasteiger partial charge < -0.3 is 14.6 Å². The Morgan fingerprint density at radius 3 is 2.67 bits per heavy atom. The van der Waals surface area contributed by atoms with Crippen LogP contribution in [0.5, 0.6) is 5.75 Å². The number of halogens is 3. The van der Waals surface area contributed by atoms with E-state index in [2.05, 4.69) is 15.5 Å². The Kier molecular flexibility index (Phi) is 7.88. The predicted octanol–water partition coefficient (Wildman–Crippen LogP) is 6.13. The molecule has 0 saturated carbocycles. The third-order valence-corrected chi connectivity index (χ3v) is 5.95. The minimum atomic E-state index is -0.417. The molecule has 3 aromatic rings. The van der Waals surface area contributed by atoms with Crippen molar-refractivity contribution in [3.05, 3.63) is 63.4 Å². The summed E-state index contributed by atoms with van der Waals surface area (Å²) in [7, 11) is 0. The first-order chi connectivity index (χ1) is 14.4. The fourth-order valence-corrected chi connectivity index (χ4v) is 4.01. The molecule has 0 radical (unpaired) electrons. The van der Waals surface area contributed by atoms with E-state index in [4.69, 9.17) is 39.5 Å². The number of hydrogen-bond acceptors (Lipinski definition) is 5. The molecule has 0 fully saturated rings. The summed E-state index contributed by atoms with van der Waals surface area (Å²) in [4.78, 5) is 12.3. The normalized spacial score (nSPS) is 11.9. The molecular formula is C20H19Cl3N4O2S. The van der Waals surface area contributed by atoms with E-state index in [1.807, 2.05) is 24.5 Å². The number of anilines is 1. The van der Waals surface area contributed by atoms with Crippen molar-refractivity contribution in [3.63, 3.8) is 0 Å². The lowest BCUT2D eigenvalue weighted by atomic mass is 10.3. The van der Waals surface area contributed by atoms with Crippen LogP contribution in [0.15, 0.2) is 47.6 Å². The highest BCUT2D eigenvalue weighted by Gasteiger charge is 2.20. The van der Waals surface area contributed by atoms with Gasteiger partial charge in [0.05, 0.1) is 21.5 Å². The Labute approximate surface area is 193 Å². The lowest BCUT2D eigenvalue weighted by Crippen LogP contribution is -2.15. The van der Waals surface area contributed by atoms with E-state index >= 15 is 0 Å². The largest absolute Gasteiger partial charge is 0.481 e. The molecule has 1 heterocycles. The molecule has 0 aliphatic heterocycles. The number of ether oxygens (including phenoxy) is 1. The fourth-order valence-electron chi connectivity index (χ4n) is 2.69. The minimum Gasteiger partial charge on any atom is -0.481 e. The number of benzene rings is 2. The van der Waals surface area contributed by atoms with E-state index in [1.54, 1.807) is 36.4 Å². The molecule has 2 aromatic carbocycles. The summed E-state index contributed by atoms with van der Waals surface area (Å²) in [6, 6.07) is 12.1. The molecule has 158 valence electrons. The number of carbonyl (C=O) groups excluding carboxylic acids is 1. The first-order valence-electron chi connectivity index (χ1n) is 9.11. The van der Waals surface area contributed by atoms with Gasteiger partial charge in [-0.1, -0.05) is 58.7 Å². The monoisotopic (exact) mass is 484 g/mol. The second-order valence-electron chi connectivity index (χ2n) is 6.24. The van der Waals surface area contributed by atoms with Crippen LogP contribution in [0, 0.1) is 0 Å². The third kappa shape index (κ3) is 5.60. The van der Waals surface area contributed by atoms with Crippen molar-refractivity contribution in [2.75, 3.05) is 11.1 Å². The molecule has 6 nitrogen and oxygen atoms in total. The number of rotatable bonds is 8. The molecule has 3 rings (SSSR count). The zero-order chi connectivity index (χ0) is 21.7. The van der Waals surface area contributed by atoms with Crippen molar-refractivity contribution >= 4 is 58.2 Å². The van der Waals surface area contributed by atoms with Crippen molar-refractivity contribution in [3.8, 4) is 5.75 Å². The molecule has 1 aromatic heterocycles. The van der Waals surface area contributed by atoms with E-state index in [0.29, 0.717) is 44.0 Å².